The Balaban J connectivity index is 1.60. The van der Waals surface area contributed by atoms with Crippen LogP contribution in [0.5, 0.6) is 0 Å². The normalized spacial score (nSPS) is 11.4. The fourth-order valence-electron chi connectivity index (χ4n) is 3.71. The third kappa shape index (κ3) is 3.01. The SMILES string of the molecule is Cc1ccc(NC(=O)Cn2c3ccccc3c3nc4ccccc4nc32)cc1C. The third-order valence-electron chi connectivity index (χ3n) is 5.35. The molecular formula is C24H20N4O. The molecule has 0 aliphatic heterocycles. The second-order valence-corrected chi connectivity index (χ2v) is 7.34. The van der Waals surface area contributed by atoms with Gasteiger partial charge >= 0.3 is 0 Å². The summed E-state index contributed by atoms with van der Waals surface area (Å²) >= 11 is 0. The van der Waals surface area contributed by atoms with E-state index >= 15 is 0 Å². The minimum atomic E-state index is -0.0918. The summed E-state index contributed by atoms with van der Waals surface area (Å²) in [5, 5.41) is 4.01. The lowest BCUT2D eigenvalue weighted by atomic mass is 10.1. The first kappa shape index (κ1) is 17.4. The first-order valence-corrected chi connectivity index (χ1v) is 9.61. The number of para-hydroxylation sites is 3. The predicted octanol–water partition coefficient (Wildman–Crippen LogP) is 4.99. The van der Waals surface area contributed by atoms with Gasteiger partial charge in [0.25, 0.3) is 0 Å². The Bertz CT molecular complexity index is 1400. The number of hydrogen-bond acceptors (Lipinski definition) is 3. The van der Waals surface area contributed by atoms with Crippen molar-refractivity contribution in [2.24, 2.45) is 0 Å². The number of aromatic nitrogens is 3. The van der Waals surface area contributed by atoms with E-state index < -0.39 is 0 Å². The minimum Gasteiger partial charge on any atom is -0.325 e. The van der Waals surface area contributed by atoms with Crippen molar-refractivity contribution in [1.29, 1.82) is 0 Å². The minimum absolute atomic E-state index is 0.0918. The molecule has 0 aliphatic rings. The van der Waals surface area contributed by atoms with Gasteiger partial charge in [0.15, 0.2) is 5.65 Å². The molecule has 2 aromatic heterocycles. The van der Waals surface area contributed by atoms with Crippen molar-refractivity contribution in [1.82, 2.24) is 14.5 Å². The lowest BCUT2D eigenvalue weighted by molar-refractivity contribution is -0.116. The molecule has 5 nitrogen and oxygen atoms in total. The molecule has 3 aromatic carbocycles. The van der Waals surface area contributed by atoms with Crippen molar-refractivity contribution in [3.8, 4) is 0 Å². The van der Waals surface area contributed by atoms with Gasteiger partial charge in [-0.3, -0.25) is 4.79 Å². The van der Waals surface area contributed by atoms with Crippen LogP contribution in [0, 0.1) is 13.8 Å². The summed E-state index contributed by atoms with van der Waals surface area (Å²) in [5.41, 5.74) is 7.31. The van der Waals surface area contributed by atoms with Gasteiger partial charge in [-0.15, -0.1) is 0 Å². The fraction of sp³-hybridized carbons (Fsp3) is 0.125. The van der Waals surface area contributed by atoms with Crippen LogP contribution in [0.25, 0.3) is 33.1 Å². The number of anilines is 1. The maximum absolute atomic E-state index is 12.8. The van der Waals surface area contributed by atoms with E-state index in [1.54, 1.807) is 0 Å². The van der Waals surface area contributed by atoms with Crippen molar-refractivity contribution >= 4 is 44.7 Å². The molecule has 5 aromatic rings. The molecule has 1 N–H and O–H groups in total. The zero-order chi connectivity index (χ0) is 20.0. The molecule has 0 fully saturated rings. The Morgan fingerprint density at radius 2 is 1.62 bits per heavy atom. The predicted molar refractivity (Wildman–Crippen MR) is 117 cm³/mol. The van der Waals surface area contributed by atoms with Crippen LogP contribution in [-0.4, -0.2) is 20.4 Å². The van der Waals surface area contributed by atoms with Crippen LogP contribution in [0.2, 0.25) is 0 Å². The third-order valence-corrected chi connectivity index (χ3v) is 5.35. The van der Waals surface area contributed by atoms with Crippen molar-refractivity contribution in [2.75, 3.05) is 5.32 Å². The second-order valence-electron chi connectivity index (χ2n) is 7.34. The first-order valence-electron chi connectivity index (χ1n) is 9.61. The molecule has 29 heavy (non-hydrogen) atoms. The van der Waals surface area contributed by atoms with E-state index in [4.69, 9.17) is 9.97 Å². The van der Waals surface area contributed by atoms with Gasteiger partial charge in [-0.2, -0.15) is 0 Å². The Hall–Kier alpha value is -3.73. The molecule has 0 bridgehead atoms. The lowest BCUT2D eigenvalue weighted by Crippen LogP contribution is -2.19. The van der Waals surface area contributed by atoms with Gasteiger partial charge in [0.2, 0.25) is 5.91 Å². The highest BCUT2D eigenvalue weighted by atomic mass is 16.1. The molecule has 1 amide bonds. The van der Waals surface area contributed by atoms with Crippen molar-refractivity contribution in [3.05, 3.63) is 77.9 Å². The maximum atomic E-state index is 12.8. The monoisotopic (exact) mass is 380 g/mol. The lowest BCUT2D eigenvalue weighted by Gasteiger charge is -2.10. The number of nitrogens with zero attached hydrogens (tertiary/aromatic N) is 3. The van der Waals surface area contributed by atoms with E-state index in [-0.39, 0.29) is 12.5 Å². The Morgan fingerprint density at radius 3 is 2.41 bits per heavy atom. The number of carbonyl (C=O) groups is 1. The van der Waals surface area contributed by atoms with Gasteiger partial charge in [0.05, 0.1) is 16.6 Å². The van der Waals surface area contributed by atoms with Gasteiger partial charge in [0, 0.05) is 11.1 Å². The van der Waals surface area contributed by atoms with Crippen LogP contribution in [0.4, 0.5) is 5.69 Å². The van der Waals surface area contributed by atoms with E-state index in [0.29, 0.717) is 0 Å². The largest absolute Gasteiger partial charge is 0.325 e. The molecule has 0 aliphatic carbocycles. The summed E-state index contributed by atoms with van der Waals surface area (Å²) in [6.07, 6.45) is 0. The van der Waals surface area contributed by atoms with Gasteiger partial charge in [-0.05, 0) is 55.3 Å². The Kier molecular flexibility index (Phi) is 4.02. The molecule has 2 heterocycles. The van der Waals surface area contributed by atoms with E-state index in [1.807, 2.05) is 78.2 Å². The van der Waals surface area contributed by atoms with Crippen molar-refractivity contribution in [2.45, 2.75) is 20.4 Å². The number of carbonyl (C=O) groups excluding carboxylic acids is 1. The highest BCUT2D eigenvalue weighted by Crippen LogP contribution is 2.28. The van der Waals surface area contributed by atoms with Gasteiger partial charge < -0.3 is 9.88 Å². The topological polar surface area (TPSA) is 59.8 Å². The molecule has 5 heteroatoms. The molecule has 0 unspecified atom stereocenters. The molecule has 0 saturated heterocycles. The summed E-state index contributed by atoms with van der Waals surface area (Å²) in [4.78, 5) is 22.5. The average molecular weight is 380 g/mol. The number of rotatable bonds is 3. The van der Waals surface area contributed by atoms with Crippen molar-refractivity contribution in [3.63, 3.8) is 0 Å². The molecule has 0 saturated carbocycles. The standard InChI is InChI=1S/C24H20N4O/c1-15-11-12-17(13-16(15)2)25-22(29)14-28-21-10-6-3-7-18(21)23-24(28)27-20-9-5-4-8-19(20)26-23/h3-13H,14H2,1-2H3,(H,25,29). The summed E-state index contributed by atoms with van der Waals surface area (Å²) in [5.74, 6) is -0.0918. The Morgan fingerprint density at radius 1 is 0.897 bits per heavy atom. The number of fused-ring (bicyclic) bond motifs is 4. The van der Waals surface area contributed by atoms with E-state index in [9.17, 15) is 4.79 Å². The van der Waals surface area contributed by atoms with Gasteiger partial charge in [-0.25, -0.2) is 9.97 Å². The molecule has 5 rings (SSSR count). The number of benzene rings is 3. The highest BCUT2D eigenvalue weighted by molar-refractivity contribution is 6.07. The highest BCUT2D eigenvalue weighted by Gasteiger charge is 2.16. The average Bonchev–Trinajstić information content (AvgIpc) is 3.02. The molecule has 0 atom stereocenters. The molecule has 0 spiro atoms. The van der Waals surface area contributed by atoms with Gasteiger partial charge in [0.1, 0.15) is 12.1 Å². The summed E-state index contributed by atoms with van der Waals surface area (Å²) < 4.78 is 1.94. The zero-order valence-electron chi connectivity index (χ0n) is 16.3. The number of amides is 1. The summed E-state index contributed by atoms with van der Waals surface area (Å²) in [6.45, 7) is 4.27. The number of nitrogens with one attached hydrogen (secondary N) is 1. The molecule has 142 valence electrons. The van der Waals surface area contributed by atoms with Crippen LogP contribution < -0.4 is 5.32 Å². The van der Waals surface area contributed by atoms with Crippen LogP contribution in [0.15, 0.2) is 66.7 Å². The fourth-order valence-corrected chi connectivity index (χ4v) is 3.71. The van der Waals surface area contributed by atoms with E-state index in [1.165, 1.54) is 5.56 Å². The second kappa shape index (κ2) is 6.71. The number of aryl methyl sites for hydroxylation is 2. The van der Waals surface area contributed by atoms with Crippen LogP contribution in [0.1, 0.15) is 11.1 Å². The van der Waals surface area contributed by atoms with Crippen LogP contribution >= 0.6 is 0 Å². The quantitative estimate of drug-likeness (QED) is 0.479. The first-order chi connectivity index (χ1) is 14.1. The maximum Gasteiger partial charge on any atom is 0.244 e. The summed E-state index contributed by atoms with van der Waals surface area (Å²) in [6, 6.07) is 21.7. The van der Waals surface area contributed by atoms with Crippen LogP contribution in [0.3, 0.4) is 0 Å². The molecule has 0 radical (unpaired) electrons. The summed E-state index contributed by atoms with van der Waals surface area (Å²) in [7, 11) is 0. The van der Waals surface area contributed by atoms with Crippen molar-refractivity contribution < 1.29 is 4.79 Å². The van der Waals surface area contributed by atoms with Crippen LogP contribution in [-0.2, 0) is 11.3 Å². The van der Waals surface area contributed by atoms with Gasteiger partial charge in [-0.1, -0.05) is 36.4 Å². The Labute approximate surface area is 168 Å². The van der Waals surface area contributed by atoms with E-state index in [2.05, 4.69) is 12.2 Å². The molecular weight excluding hydrogens is 360 g/mol. The van der Waals surface area contributed by atoms with E-state index in [0.717, 1.165) is 44.4 Å². The number of hydrogen-bond donors (Lipinski definition) is 1. The smallest absolute Gasteiger partial charge is 0.244 e. The zero-order valence-corrected chi connectivity index (χ0v) is 16.3.